The highest BCUT2D eigenvalue weighted by Crippen LogP contribution is 2.21. The number of nitrogens with two attached hydrogens (primary N) is 1. The molecule has 2 aromatic heterocycles. The van der Waals surface area contributed by atoms with Crippen molar-refractivity contribution in [2.75, 3.05) is 17.7 Å². The lowest BCUT2D eigenvalue weighted by molar-refractivity contribution is 0.893. The largest absolute Gasteiger partial charge is 0.382 e. The molecule has 0 radical (unpaired) electrons. The van der Waals surface area contributed by atoms with Gasteiger partial charge in [0.05, 0.1) is 6.20 Å². The summed E-state index contributed by atoms with van der Waals surface area (Å²) in [6.45, 7) is 0.735. The predicted octanol–water partition coefficient (Wildman–Crippen LogP) is 2.71. The zero-order valence-corrected chi connectivity index (χ0v) is 12.6. The monoisotopic (exact) mass is 331 g/mol. The van der Waals surface area contributed by atoms with Gasteiger partial charge >= 0.3 is 0 Å². The van der Waals surface area contributed by atoms with Crippen LogP contribution in [0.3, 0.4) is 0 Å². The minimum atomic E-state index is 0.478. The van der Waals surface area contributed by atoms with Gasteiger partial charge in [0.15, 0.2) is 11.5 Å². The van der Waals surface area contributed by atoms with Gasteiger partial charge in [-0.15, -0.1) is 0 Å². The Hall–Kier alpha value is -2.08. The van der Waals surface area contributed by atoms with Crippen LogP contribution in [0.15, 0.2) is 47.3 Å². The van der Waals surface area contributed by atoms with E-state index in [4.69, 9.17) is 5.73 Å². The Balaban J connectivity index is 1.96. The number of benzene rings is 1. The van der Waals surface area contributed by atoms with Crippen molar-refractivity contribution >= 4 is 33.2 Å². The first kappa shape index (κ1) is 12.9. The van der Waals surface area contributed by atoms with E-state index in [0.717, 1.165) is 22.5 Å². The van der Waals surface area contributed by atoms with Crippen molar-refractivity contribution in [3.63, 3.8) is 0 Å². The first-order chi connectivity index (χ1) is 9.63. The number of imidazole rings is 1. The van der Waals surface area contributed by atoms with Crippen LogP contribution in [0.1, 0.15) is 5.56 Å². The molecule has 0 saturated heterocycles. The summed E-state index contributed by atoms with van der Waals surface area (Å²) >= 11 is 3.48. The number of hydrogen-bond acceptors (Lipinski definition) is 4. The predicted molar refractivity (Wildman–Crippen MR) is 83.6 cm³/mol. The molecular weight excluding hydrogens is 318 g/mol. The van der Waals surface area contributed by atoms with Crippen molar-refractivity contribution < 1.29 is 0 Å². The molecule has 20 heavy (non-hydrogen) atoms. The van der Waals surface area contributed by atoms with E-state index in [9.17, 15) is 0 Å². The summed E-state index contributed by atoms with van der Waals surface area (Å²) in [5.74, 6) is 1.25. The average Bonchev–Trinajstić information content (AvgIpc) is 2.85. The van der Waals surface area contributed by atoms with Crippen molar-refractivity contribution in [2.45, 2.75) is 6.54 Å². The molecule has 0 unspecified atom stereocenters. The van der Waals surface area contributed by atoms with Crippen molar-refractivity contribution in [2.24, 2.45) is 0 Å². The SMILES string of the molecule is CN(Cc1cccc(Br)c1)c1nc(N)cn2ccnc12. The van der Waals surface area contributed by atoms with E-state index in [-0.39, 0.29) is 0 Å². The van der Waals surface area contributed by atoms with Crippen LogP contribution in [0.25, 0.3) is 5.65 Å². The van der Waals surface area contributed by atoms with Gasteiger partial charge in [-0.1, -0.05) is 28.1 Å². The van der Waals surface area contributed by atoms with Crippen molar-refractivity contribution in [3.05, 3.63) is 52.9 Å². The van der Waals surface area contributed by atoms with Gasteiger partial charge in [0.1, 0.15) is 5.82 Å². The summed E-state index contributed by atoms with van der Waals surface area (Å²) in [6, 6.07) is 8.20. The van der Waals surface area contributed by atoms with Gasteiger partial charge in [-0.05, 0) is 17.7 Å². The molecule has 0 bridgehead atoms. The van der Waals surface area contributed by atoms with Gasteiger partial charge in [0.2, 0.25) is 0 Å². The number of anilines is 2. The maximum absolute atomic E-state index is 5.85. The second-order valence-corrected chi connectivity index (χ2v) is 5.55. The van der Waals surface area contributed by atoms with E-state index in [0.29, 0.717) is 5.82 Å². The normalized spacial score (nSPS) is 10.9. The Morgan fingerprint density at radius 3 is 3.05 bits per heavy atom. The third-order valence-corrected chi connectivity index (χ3v) is 3.54. The highest BCUT2D eigenvalue weighted by atomic mass is 79.9. The molecule has 0 saturated carbocycles. The van der Waals surface area contributed by atoms with Gasteiger partial charge in [-0.2, -0.15) is 0 Å². The second-order valence-electron chi connectivity index (χ2n) is 4.63. The molecule has 5 nitrogen and oxygen atoms in total. The zero-order valence-electron chi connectivity index (χ0n) is 11.0. The topological polar surface area (TPSA) is 59.5 Å². The molecule has 0 aliphatic heterocycles. The van der Waals surface area contributed by atoms with E-state index in [2.05, 4.69) is 38.0 Å². The third kappa shape index (κ3) is 2.46. The molecule has 2 N–H and O–H groups in total. The molecule has 1 aromatic carbocycles. The van der Waals surface area contributed by atoms with Gasteiger partial charge in [0, 0.05) is 30.5 Å². The van der Waals surface area contributed by atoms with E-state index < -0.39 is 0 Å². The lowest BCUT2D eigenvalue weighted by Gasteiger charge is -2.19. The smallest absolute Gasteiger partial charge is 0.180 e. The molecule has 3 rings (SSSR count). The number of aromatic nitrogens is 3. The minimum Gasteiger partial charge on any atom is -0.382 e. The van der Waals surface area contributed by atoms with E-state index >= 15 is 0 Å². The lowest BCUT2D eigenvalue weighted by Crippen LogP contribution is -2.19. The molecule has 0 spiro atoms. The summed E-state index contributed by atoms with van der Waals surface area (Å²) in [6.07, 6.45) is 5.37. The number of nitrogen functional groups attached to an aromatic ring is 1. The summed E-state index contributed by atoms with van der Waals surface area (Å²) in [5.41, 5.74) is 7.84. The molecule has 3 aromatic rings. The van der Waals surface area contributed by atoms with Crippen LogP contribution in [-0.4, -0.2) is 21.4 Å². The van der Waals surface area contributed by atoms with Crippen LogP contribution in [0.4, 0.5) is 11.6 Å². The van der Waals surface area contributed by atoms with Crippen LogP contribution in [-0.2, 0) is 6.54 Å². The Bertz CT molecular complexity index is 752. The highest BCUT2D eigenvalue weighted by molar-refractivity contribution is 9.10. The Morgan fingerprint density at radius 2 is 2.25 bits per heavy atom. The van der Waals surface area contributed by atoms with Crippen LogP contribution < -0.4 is 10.6 Å². The average molecular weight is 332 g/mol. The number of fused-ring (bicyclic) bond motifs is 1. The molecule has 0 aliphatic carbocycles. The highest BCUT2D eigenvalue weighted by Gasteiger charge is 2.11. The first-order valence-corrected chi connectivity index (χ1v) is 6.97. The van der Waals surface area contributed by atoms with Crippen LogP contribution in [0.5, 0.6) is 0 Å². The van der Waals surface area contributed by atoms with E-state index in [1.807, 2.05) is 34.7 Å². The van der Waals surface area contributed by atoms with E-state index in [1.54, 1.807) is 12.4 Å². The van der Waals surface area contributed by atoms with Crippen molar-refractivity contribution in [3.8, 4) is 0 Å². The minimum absolute atomic E-state index is 0.478. The van der Waals surface area contributed by atoms with Crippen molar-refractivity contribution in [1.82, 2.24) is 14.4 Å². The Kier molecular flexibility index (Phi) is 3.31. The number of rotatable bonds is 3. The van der Waals surface area contributed by atoms with Gasteiger partial charge in [0.25, 0.3) is 0 Å². The molecule has 0 amide bonds. The fourth-order valence-corrected chi connectivity index (χ4v) is 2.62. The molecule has 102 valence electrons. The molecule has 0 fully saturated rings. The standard InChI is InChI=1S/C14H14BrN5/c1-19(8-10-3-2-4-11(15)7-10)14-13-17-5-6-20(13)9-12(16)18-14/h2-7,9H,8,16H2,1H3. The fourth-order valence-electron chi connectivity index (χ4n) is 2.17. The maximum atomic E-state index is 5.85. The summed E-state index contributed by atoms with van der Waals surface area (Å²) < 4.78 is 2.95. The zero-order chi connectivity index (χ0) is 14.1. The fraction of sp³-hybridized carbons (Fsp3) is 0.143. The molecular formula is C14H14BrN5. The molecule has 2 heterocycles. The molecule has 0 aliphatic rings. The Morgan fingerprint density at radius 1 is 1.40 bits per heavy atom. The second kappa shape index (κ2) is 5.13. The third-order valence-electron chi connectivity index (χ3n) is 3.05. The number of halogens is 1. The molecule has 0 atom stereocenters. The summed E-state index contributed by atoms with van der Waals surface area (Å²) in [7, 11) is 1.98. The quantitative estimate of drug-likeness (QED) is 0.801. The summed E-state index contributed by atoms with van der Waals surface area (Å²) in [5, 5.41) is 0. The van der Waals surface area contributed by atoms with Gasteiger partial charge in [-0.25, -0.2) is 9.97 Å². The summed E-state index contributed by atoms with van der Waals surface area (Å²) in [4.78, 5) is 10.8. The Labute approximate surface area is 125 Å². The number of nitrogens with zero attached hydrogens (tertiary/aromatic N) is 4. The van der Waals surface area contributed by atoms with E-state index in [1.165, 1.54) is 5.56 Å². The van der Waals surface area contributed by atoms with Crippen LogP contribution in [0, 0.1) is 0 Å². The number of hydrogen-bond donors (Lipinski definition) is 1. The van der Waals surface area contributed by atoms with Crippen LogP contribution >= 0.6 is 15.9 Å². The van der Waals surface area contributed by atoms with Gasteiger partial charge < -0.3 is 15.0 Å². The molecule has 6 heteroatoms. The first-order valence-electron chi connectivity index (χ1n) is 6.18. The lowest BCUT2D eigenvalue weighted by atomic mass is 10.2. The van der Waals surface area contributed by atoms with Crippen molar-refractivity contribution in [1.29, 1.82) is 0 Å². The maximum Gasteiger partial charge on any atom is 0.180 e. The van der Waals surface area contributed by atoms with Gasteiger partial charge in [-0.3, -0.25) is 0 Å². The van der Waals surface area contributed by atoms with Crippen LogP contribution in [0.2, 0.25) is 0 Å².